The Morgan fingerprint density at radius 1 is 1.24 bits per heavy atom. The third-order valence-electron chi connectivity index (χ3n) is 2.37. The maximum Gasteiger partial charge on any atom is 0.113 e. The zero-order chi connectivity index (χ0) is 12.3. The Labute approximate surface area is 114 Å². The zero-order valence-electron chi connectivity index (χ0n) is 9.39. The molecule has 1 aromatic heterocycles. The Morgan fingerprint density at radius 3 is 2.47 bits per heavy atom. The zero-order valence-corrected chi connectivity index (χ0v) is 11.8. The van der Waals surface area contributed by atoms with Crippen LogP contribution in [0.3, 0.4) is 0 Å². The van der Waals surface area contributed by atoms with E-state index in [1.54, 1.807) is 11.8 Å². The van der Waals surface area contributed by atoms with Crippen LogP contribution in [0.15, 0.2) is 41.3 Å². The molecule has 0 fully saturated rings. The Balaban J connectivity index is 2.16. The van der Waals surface area contributed by atoms with Crippen molar-refractivity contribution in [3.05, 3.63) is 51.2 Å². The van der Waals surface area contributed by atoms with Gasteiger partial charge in [-0.05, 0) is 35.6 Å². The summed E-state index contributed by atoms with van der Waals surface area (Å²) in [6, 6.07) is 11.7. The minimum Gasteiger partial charge on any atom is -0.383 e. The smallest absolute Gasteiger partial charge is 0.113 e. The number of aliphatic hydroxyl groups is 1. The van der Waals surface area contributed by atoms with Gasteiger partial charge in [0.05, 0.1) is 4.34 Å². The number of thiophene rings is 1. The highest BCUT2D eigenvalue weighted by atomic mass is 35.5. The van der Waals surface area contributed by atoms with Crippen LogP contribution >= 0.6 is 34.7 Å². The molecule has 0 radical (unpaired) electrons. The topological polar surface area (TPSA) is 20.2 Å². The minimum atomic E-state index is -0.576. The van der Waals surface area contributed by atoms with Crippen molar-refractivity contribution in [1.29, 1.82) is 0 Å². The number of halogens is 1. The van der Waals surface area contributed by atoms with Gasteiger partial charge in [0.25, 0.3) is 0 Å². The van der Waals surface area contributed by atoms with Gasteiger partial charge in [-0.15, -0.1) is 23.1 Å². The Bertz CT molecular complexity index is 478. The van der Waals surface area contributed by atoms with Crippen LogP contribution in [0.1, 0.15) is 23.5 Å². The molecule has 2 aromatic rings. The van der Waals surface area contributed by atoms with Gasteiger partial charge in [-0.1, -0.05) is 30.7 Å². The van der Waals surface area contributed by atoms with Crippen molar-refractivity contribution in [2.24, 2.45) is 0 Å². The lowest BCUT2D eigenvalue weighted by molar-refractivity contribution is 0.224. The molecule has 1 N–H and O–H groups in total. The van der Waals surface area contributed by atoms with Crippen LogP contribution in [0.25, 0.3) is 0 Å². The highest BCUT2D eigenvalue weighted by molar-refractivity contribution is 7.99. The van der Waals surface area contributed by atoms with E-state index < -0.39 is 6.10 Å². The number of aliphatic hydroxyl groups excluding tert-OH is 1. The molecule has 1 heterocycles. The SMILES string of the molecule is CCSc1ccc(C(O)c2ccc(Cl)s2)cc1. The monoisotopic (exact) mass is 284 g/mol. The van der Waals surface area contributed by atoms with Gasteiger partial charge >= 0.3 is 0 Å². The van der Waals surface area contributed by atoms with Crippen LogP contribution in [0.5, 0.6) is 0 Å². The first-order valence-corrected chi connectivity index (χ1v) is 7.54. The van der Waals surface area contributed by atoms with Crippen molar-refractivity contribution in [3.8, 4) is 0 Å². The second-order valence-corrected chi connectivity index (χ2v) is 6.63. The summed E-state index contributed by atoms with van der Waals surface area (Å²) in [6.07, 6.45) is -0.576. The van der Waals surface area contributed by atoms with E-state index in [2.05, 4.69) is 6.92 Å². The summed E-state index contributed by atoms with van der Waals surface area (Å²) in [7, 11) is 0. The fraction of sp³-hybridized carbons (Fsp3) is 0.231. The van der Waals surface area contributed by atoms with Gasteiger partial charge in [-0.2, -0.15) is 0 Å². The van der Waals surface area contributed by atoms with Crippen LogP contribution in [0.2, 0.25) is 4.34 Å². The average Bonchev–Trinajstić information content (AvgIpc) is 2.76. The molecule has 0 spiro atoms. The molecule has 90 valence electrons. The van der Waals surface area contributed by atoms with Gasteiger partial charge in [0.15, 0.2) is 0 Å². The maximum atomic E-state index is 10.2. The number of hydrogen-bond donors (Lipinski definition) is 1. The quantitative estimate of drug-likeness (QED) is 0.828. The van der Waals surface area contributed by atoms with Crippen molar-refractivity contribution < 1.29 is 5.11 Å². The third kappa shape index (κ3) is 3.26. The number of rotatable bonds is 4. The summed E-state index contributed by atoms with van der Waals surface area (Å²) in [6.45, 7) is 2.13. The molecule has 0 aliphatic heterocycles. The van der Waals surface area contributed by atoms with E-state index in [1.165, 1.54) is 16.2 Å². The summed E-state index contributed by atoms with van der Waals surface area (Å²) in [5.74, 6) is 1.06. The van der Waals surface area contributed by atoms with Crippen molar-refractivity contribution in [2.45, 2.75) is 17.9 Å². The molecular formula is C13H13ClOS2. The number of benzene rings is 1. The highest BCUT2D eigenvalue weighted by Crippen LogP contribution is 2.31. The highest BCUT2D eigenvalue weighted by Gasteiger charge is 2.12. The van der Waals surface area contributed by atoms with Gasteiger partial charge < -0.3 is 5.11 Å². The van der Waals surface area contributed by atoms with Crippen LogP contribution < -0.4 is 0 Å². The summed E-state index contributed by atoms with van der Waals surface area (Å²) in [5, 5.41) is 10.2. The molecule has 0 bridgehead atoms. The molecule has 4 heteroatoms. The van der Waals surface area contributed by atoms with Gasteiger partial charge in [0.2, 0.25) is 0 Å². The van der Waals surface area contributed by atoms with Crippen molar-refractivity contribution in [3.63, 3.8) is 0 Å². The number of hydrogen-bond acceptors (Lipinski definition) is 3. The molecule has 0 aliphatic carbocycles. The lowest BCUT2D eigenvalue weighted by Crippen LogP contribution is -1.96. The van der Waals surface area contributed by atoms with Gasteiger partial charge in [-0.25, -0.2) is 0 Å². The van der Waals surface area contributed by atoms with Crippen LogP contribution in [0, 0.1) is 0 Å². The maximum absolute atomic E-state index is 10.2. The van der Waals surface area contributed by atoms with Crippen molar-refractivity contribution in [2.75, 3.05) is 5.75 Å². The molecule has 1 aromatic carbocycles. The van der Waals surface area contributed by atoms with E-state index in [0.29, 0.717) is 4.34 Å². The molecular weight excluding hydrogens is 272 g/mol. The lowest BCUT2D eigenvalue weighted by atomic mass is 10.1. The molecule has 0 amide bonds. The van der Waals surface area contributed by atoms with E-state index >= 15 is 0 Å². The predicted octanol–water partition coefficient (Wildman–Crippen LogP) is 4.60. The minimum absolute atomic E-state index is 0.576. The third-order valence-corrected chi connectivity index (χ3v) is 4.55. The first kappa shape index (κ1) is 13.0. The molecule has 0 saturated heterocycles. The van der Waals surface area contributed by atoms with E-state index in [0.717, 1.165) is 16.2 Å². The normalized spacial score (nSPS) is 12.6. The average molecular weight is 285 g/mol. The van der Waals surface area contributed by atoms with Gasteiger partial charge in [-0.3, -0.25) is 0 Å². The van der Waals surface area contributed by atoms with Crippen molar-refractivity contribution >= 4 is 34.7 Å². The molecule has 2 rings (SSSR count). The predicted molar refractivity (Wildman–Crippen MR) is 76.2 cm³/mol. The first-order chi connectivity index (χ1) is 8.20. The van der Waals surface area contributed by atoms with Crippen LogP contribution in [0.4, 0.5) is 0 Å². The van der Waals surface area contributed by atoms with Crippen LogP contribution in [-0.4, -0.2) is 10.9 Å². The lowest BCUT2D eigenvalue weighted by Gasteiger charge is -2.09. The van der Waals surface area contributed by atoms with E-state index in [1.807, 2.05) is 36.4 Å². The van der Waals surface area contributed by atoms with E-state index in [9.17, 15) is 5.11 Å². The largest absolute Gasteiger partial charge is 0.383 e. The number of thioether (sulfide) groups is 1. The van der Waals surface area contributed by atoms with Crippen molar-refractivity contribution in [1.82, 2.24) is 0 Å². The Hall–Kier alpha value is -0.480. The molecule has 0 aliphatic rings. The fourth-order valence-electron chi connectivity index (χ4n) is 1.55. The summed E-state index contributed by atoms with van der Waals surface area (Å²) >= 11 is 9.07. The van der Waals surface area contributed by atoms with E-state index in [-0.39, 0.29) is 0 Å². The fourth-order valence-corrected chi connectivity index (χ4v) is 3.29. The molecule has 1 nitrogen and oxygen atoms in total. The molecule has 0 saturated carbocycles. The standard InChI is InChI=1S/C13H13ClOS2/c1-2-16-10-5-3-9(4-6-10)13(15)11-7-8-12(14)17-11/h3-8,13,15H,2H2,1H3. The molecule has 1 unspecified atom stereocenters. The Kier molecular flexibility index (Phi) is 4.51. The Morgan fingerprint density at radius 2 is 1.94 bits per heavy atom. The second-order valence-electron chi connectivity index (χ2n) is 3.55. The summed E-state index contributed by atoms with van der Waals surface area (Å²) in [4.78, 5) is 2.11. The molecule has 1 atom stereocenters. The van der Waals surface area contributed by atoms with Gasteiger partial charge in [0, 0.05) is 9.77 Å². The van der Waals surface area contributed by atoms with E-state index in [4.69, 9.17) is 11.6 Å². The first-order valence-electron chi connectivity index (χ1n) is 5.36. The van der Waals surface area contributed by atoms with Gasteiger partial charge in [0.1, 0.15) is 6.10 Å². The molecule has 17 heavy (non-hydrogen) atoms. The summed E-state index contributed by atoms with van der Waals surface area (Å²) in [5.41, 5.74) is 0.906. The van der Waals surface area contributed by atoms with Crippen LogP contribution in [-0.2, 0) is 0 Å². The second kappa shape index (κ2) is 5.91. The summed E-state index contributed by atoms with van der Waals surface area (Å²) < 4.78 is 0.706.